The summed E-state index contributed by atoms with van der Waals surface area (Å²) in [4.78, 5) is 19.2. The van der Waals surface area contributed by atoms with E-state index in [2.05, 4.69) is 51.5 Å². The Morgan fingerprint density at radius 3 is 2.47 bits per heavy atom. The van der Waals surface area contributed by atoms with Crippen LogP contribution < -0.4 is 10.6 Å². The highest BCUT2D eigenvalue weighted by atomic mass is 16.3. The van der Waals surface area contributed by atoms with E-state index in [4.69, 9.17) is 9.97 Å². The summed E-state index contributed by atoms with van der Waals surface area (Å²) in [5.74, 6) is 2.26. The van der Waals surface area contributed by atoms with E-state index < -0.39 is 0 Å². The predicted octanol–water partition coefficient (Wildman–Crippen LogP) is 3.21. The molecule has 184 valence electrons. The lowest BCUT2D eigenvalue weighted by Gasteiger charge is -2.32. The summed E-state index contributed by atoms with van der Waals surface area (Å²) in [7, 11) is 2.18. The van der Waals surface area contributed by atoms with Crippen molar-refractivity contribution in [3.05, 3.63) is 30.1 Å². The van der Waals surface area contributed by atoms with Gasteiger partial charge in [0.2, 0.25) is 5.95 Å². The second kappa shape index (κ2) is 10.5. The highest BCUT2D eigenvalue weighted by molar-refractivity contribution is 5.73. The van der Waals surface area contributed by atoms with Crippen LogP contribution in [0.3, 0.4) is 0 Å². The number of hydrogen-bond acceptors (Lipinski definition) is 8. The van der Waals surface area contributed by atoms with E-state index in [0.717, 1.165) is 81.4 Å². The Morgan fingerprint density at radius 1 is 1.00 bits per heavy atom. The Bertz CT molecular complexity index is 937. The molecule has 8 nitrogen and oxygen atoms in total. The Hall–Kier alpha value is -2.29. The summed E-state index contributed by atoms with van der Waals surface area (Å²) >= 11 is 0. The lowest BCUT2D eigenvalue weighted by molar-refractivity contribution is 0.126. The highest BCUT2D eigenvalue weighted by Crippen LogP contribution is 2.36. The molecule has 5 rings (SSSR count). The summed E-state index contributed by atoms with van der Waals surface area (Å²) in [6.45, 7) is 7.62. The molecular formula is C26H39N7O. The summed E-state index contributed by atoms with van der Waals surface area (Å²) < 4.78 is 0. The lowest BCUT2D eigenvalue weighted by Crippen LogP contribution is -2.43. The number of piperazine rings is 1. The molecule has 34 heavy (non-hydrogen) atoms. The maximum absolute atomic E-state index is 9.90. The maximum atomic E-state index is 9.90. The molecule has 0 aromatic carbocycles. The fourth-order valence-corrected chi connectivity index (χ4v) is 5.15. The molecule has 2 atom stereocenters. The van der Waals surface area contributed by atoms with Crippen molar-refractivity contribution in [1.29, 1.82) is 0 Å². The van der Waals surface area contributed by atoms with E-state index in [1.165, 1.54) is 18.4 Å². The predicted molar refractivity (Wildman–Crippen MR) is 136 cm³/mol. The maximum Gasteiger partial charge on any atom is 0.224 e. The van der Waals surface area contributed by atoms with Gasteiger partial charge in [-0.1, -0.05) is 19.4 Å². The molecule has 2 aromatic rings. The molecule has 3 heterocycles. The minimum Gasteiger partial charge on any atom is -0.393 e. The number of rotatable bonds is 8. The van der Waals surface area contributed by atoms with Crippen LogP contribution in [0.25, 0.3) is 11.3 Å². The van der Waals surface area contributed by atoms with Crippen LogP contribution in [0.2, 0.25) is 0 Å². The molecule has 2 aliphatic carbocycles. The van der Waals surface area contributed by atoms with E-state index in [1.54, 1.807) is 0 Å². The van der Waals surface area contributed by atoms with Gasteiger partial charge in [-0.2, -0.15) is 4.98 Å². The largest absolute Gasteiger partial charge is 0.393 e. The molecule has 3 aliphatic rings. The minimum absolute atomic E-state index is 0.171. The number of hydrogen-bond donors (Lipinski definition) is 3. The molecule has 0 bridgehead atoms. The van der Waals surface area contributed by atoms with Crippen molar-refractivity contribution >= 4 is 11.8 Å². The molecule has 2 aromatic heterocycles. The minimum atomic E-state index is -0.171. The van der Waals surface area contributed by atoms with Crippen LogP contribution >= 0.6 is 0 Å². The Labute approximate surface area is 203 Å². The molecule has 0 spiro atoms. The van der Waals surface area contributed by atoms with Gasteiger partial charge in [0.25, 0.3) is 0 Å². The molecule has 1 aliphatic heterocycles. The number of likely N-dealkylation sites (N-methyl/N-ethyl adjacent to an activating group) is 1. The zero-order valence-corrected chi connectivity index (χ0v) is 20.6. The van der Waals surface area contributed by atoms with Gasteiger partial charge >= 0.3 is 0 Å². The van der Waals surface area contributed by atoms with E-state index in [1.807, 2.05) is 12.4 Å². The number of nitrogens with one attached hydrogen (secondary N) is 2. The SMILES string of the molecule is CCC1CC1Nc1ncc(-c2ccc(CN3CCN(C)CC3)cn2)c(NC2CCC(O)CC2)n1. The molecule has 0 radical (unpaired) electrons. The first kappa shape index (κ1) is 23.5. The van der Waals surface area contributed by atoms with Crippen molar-refractivity contribution in [2.24, 2.45) is 5.92 Å². The van der Waals surface area contributed by atoms with Crippen LogP contribution in [0.4, 0.5) is 11.8 Å². The molecule has 2 unspecified atom stereocenters. The third-order valence-electron chi connectivity index (χ3n) is 7.69. The Balaban J connectivity index is 1.31. The summed E-state index contributed by atoms with van der Waals surface area (Å²) in [6.07, 6.45) is 9.69. The van der Waals surface area contributed by atoms with E-state index >= 15 is 0 Å². The van der Waals surface area contributed by atoms with Crippen molar-refractivity contribution < 1.29 is 5.11 Å². The van der Waals surface area contributed by atoms with Gasteiger partial charge in [0, 0.05) is 57.2 Å². The zero-order valence-electron chi connectivity index (χ0n) is 20.6. The van der Waals surface area contributed by atoms with Gasteiger partial charge in [-0.05, 0) is 56.7 Å². The van der Waals surface area contributed by atoms with Crippen molar-refractivity contribution in [2.45, 2.75) is 70.2 Å². The van der Waals surface area contributed by atoms with Crippen LogP contribution in [0.1, 0.15) is 51.0 Å². The molecule has 0 amide bonds. The molecule has 3 fully saturated rings. The van der Waals surface area contributed by atoms with Crippen LogP contribution in [-0.2, 0) is 6.54 Å². The first-order chi connectivity index (χ1) is 16.6. The van der Waals surface area contributed by atoms with Crippen molar-refractivity contribution in [3.63, 3.8) is 0 Å². The van der Waals surface area contributed by atoms with Crippen LogP contribution in [-0.4, -0.2) is 81.3 Å². The van der Waals surface area contributed by atoms with Gasteiger partial charge in [-0.15, -0.1) is 0 Å². The molecule has 2 saturated carbocycles. The number of aliphatic hydroxyl groups is 1. The third kappa shape index (κ3) is 5.85. The van der Waals surface area contributed by atoms with Crippen molar-refractivity contribution in [3.8, 4) is 11.3 Å². The highest BCUT2D eigenvalue weighted by Gasteiger charge is 2.36. The molecule has 8 heteroatoms. The summed E-state index contributed by atoms with van der Waals surface area (Å²) in [5, 5.41) is 17.1. The van der Waals surface area contributed by atoms with Crippen molar-refractivity contribution in [1.82, 2.24) is 24.8 Å². The van der Waals surface area contributed by atoms with Gasteiger partial charge in [0.1, 0.15) is 5.82 Å². The van der Waals surface area contributed by atoms with Gasteiger partial charge in [-0.25, -0.2) is 4.98 Å². The number of aliphatic hydroxyl groups excluding tert-OH is 1. The smallest absolute Gasteiger partial charge is 0.224 e. The Kier molecular flexibility index (Phi) is 7.27. The number of aromatic nitrogens is 3. The third-order valence-corrected chi connectivity index (χ3v) is 7.69. The van der Waals surface area contributed by atoms with E-state index in [0.29, 0.717) is 18.0 Å². The second-order valence-electron chi connectivity index (χ2n) is 10.4. The van der Waals surface area contributed by atoms with Gasteiger partial charge < -0.3 is 20.6 Å². The first-order valence-corrected chi connectivity index (χ1v) is 13.0. The number of pyridine rings is 1. The Morgan fingerprint density at radius 2 is 1.79 bits per heavy atom. The fraction of sp³-hybridized carbons (Fsp3) is 0.654. The summed E-state index contributed by atoms with van der Waals surface area (Å²) in [6, 6.07) is 5.08. The average Bonchev–Trinajstić information content (AvgIpc) is 3.61. The lowest BCUT2D eigenvalue weighted by atomic mass is 9.93. The van der Waals surface area contributed by atoms with Crippen LogP contribution in [0.5, 0.6) is 0 Å². The molecular weight excluding hydrogens is 426 g/mol. The van der Waals surface area contributed by atoms with Crippen LogP contribution in [0, 0.1) is 5.92 Å². The average molecular weight is 466 g/mol. The zero-order chi connectivity index (χ0) is 23.5. The topological polar surface area (TPSA) is 89.4 Å². The first-order valence-electron chi connectivity index (χ1n) is 13.0. The van der Waals surface area contributed by atoms with E-state index in [-0.39, 0.29) is 6.10 Å². The number of anilines is 2. The second-order valence-corrected chi connectivity index (χ2v) is 10.4. The van der Waals surface area contributed by atoms with Gasteiger partial charge in [0.15, 0.2) is 0 Å². The van der Waals surface area contributed by atoms with Gasteiger partial charge in [-0.3, -0.25) is 9.88 Å². The van der Waals surface area contributed by atoms with Gasteiger partial charge in [0.05, 0.1) is 17.4 Å². The van der Waals surface area contributed by atoms with Crippen molar-refractivity contribution in [2.75, 3.05) is 43.9 Å². The normalized spacial score (nSPS) is 28.0. The quantitative estimate of drug-likeness (QED) is 0.548. The van der Waals surface area contributed by atoms with Crippen LogP contribution in [0.15, 0.2) is 24.5 Å². The van der Waals surface area contributed by atoms with E-state index in [9.17, 15) is 5.11 Å². The number of nitrogens with zero attached hydrogens (tertiary/aromatic N) is 5. The fourth-order valence-electron chi connectivity index (χ4n) is 5.15. The molecule has 1 saturated heterocycles. The molecule has 3 N–H and O–H groups in total. The monoisotopic (exact) mass is 465 g/mol. The summed E-state index contributed by atoms with van der Waals surface area (Å²) in [5.41, 5.74) is 3.07. The standard InChI is InChI=1S/C26H39N7O/c1-3-19-14-24(19)30-26-28-16-22(25(31-26)29-20-5-7-21(34)8-6-20)23-9-4-18(15-27-23)17-33-12-10-32(2)11-13-33/h4,9,15-16,19-21,24,34H,3,5-8,10-14,17H2,1-2H3,(H2,28,29,30,31).